The van der Waals surface area contributed by atoms with Gasteiger partial charge in [0.2, 0.25) is 0 Å². The van der Waals surface area contributed by atoms with E-state index in [1.807, 2.05) is 29.8 Å². The van der Waals surface area contributed by atoms with Crippen LogP contribution in [-0.4, -0.2) is 46.7 Å². The Kier molecular flexibility index (Phi) is 5.11. The molecular weight excluding hydrogens is 220 g/mol. The maximum Gasteiger partial charge on any atom is 0.324 e. The zero-order valence-corrected chi connectivity index (χ0v) is 10.6. The minimum Gasteiger partial charge on any atom is -0.465 e. The molecule has 0 aliphatic carbocycles. The number of hydrogen-bond acceptors (Lipinski definition) is 5. The Morgan fingerprint density at radius 2 is 2.41 bits per heavy atom. The van der Waals surface area contributed by atoms with Crippen LogP contribution >= 0.6 is 0 Å². The van der Waals surface area contributed by atoms with Crippen molar-refractivity contribution in [1.82, 2.24) is 14.5 Å². The van der Waals surface area contributed by atoms with Crippen molar-refractivity contribution in [2.45, 2.75) is 19.5 Å². The number of nitrogens with two attached hydrogens (primary N) is 1. The molecule has 1 aromatic heterocycles. The van der Waals surface area contributed by atoms with Crippen LogP contribution in [0.25, 0.3) is 0 Å². The van der Waals surface area contributed by atoms with E-state index in [0.29, 0.717) is 19.7 Å². The van der Waals surface area contributed by atoms with Gasteiger partial charge in [-0.25, -0.2) is 4.98 Å². The molecule has 0 amide bonds. The van der Waals surface area contributed by atoms with E-state index < -0.39 is 6.04 Å². The Labute approximate surface area is 101 Å². The maximum atomic E-state index is 11.4. The summed E-state index contributed by atoms with van der Waals surface area (Å²) in [5, 5.41) is 0. The van der Waals surface area contributed by atoms with Crippen LogP contribution in [0.1, 0.15) is 12.7 Å². The van der Waals surface area contributed by atoms with Gasteiger partial charge in [-0.2, -0.15) is 0 Å². The Morgan fingerprint density at radius 1 is 1.71 bits per heavy atom. The predicted octanol–water partition coefficient (Wildman–Crippen LogP) is -0.258. The van der Waals surface area contributed by atoms with Crippen LogP contribution in [0.4, 0.5) is 0 Å². The van der Waals surface area contributed by atoms with Gasteiger partial charge in [-0.05, 0) is 14.0 Å². The monoisotopic (exact) mass is 240 g/mol. The normalized spacial score (nSPS) is 12.8. The van der Waals surface area contributed by atoms with Crippen molar-refractivity contribution in [2.75, 3.05) is 20.2 Å². The fraction of sp³-hybridized carbons (Fsp3) is 0.636. The zero-order chi connectivity index (χ0) is 12.8. The highest BCUT2D eigenvalue weighted by Gasteiger charge is 2.17. The summed E-state index contributed by atoms with van der Waals surface area (Å²) in [6.45, 7) is 3.22. The third-order valence-corrected chi connectivity index (χ3v) is 2.43. The predicted molar refractivity (Wildman–Crippen MR) is 64.2 cm³/mol. The van der Waals surface area contributed by atoms with E-state index in [1.54, 1.807) is 13.1 Å². The molecule has 0 aliphatic heterocycles. The standard InChI is InChI=1S/C11H20N4O2/c1-4-17-11(16)9(12)7-14(2)8-10-13-5-6-15(10)3/h5-6,9H,4,7-8,12H2,1-3H3. The lowest BCUT2D eigenvalue weighted by Gasteiger charge is -2.19. The van der Waals surface area contributed by atoms with Gasteiger partial charge in [0.05, 0.1) is 13.2 Å². The van der Waals surface area contributed by atoms with E-state index in [1.165, 1.54) is 0 Å². The molecule has 0 saturated heterocycles. The number of hydrogen-bond donors (Lipinski definition) is 1. The number of carbonyl (C=O) groups is 1. The molecule has 0 saturated carbocycles. The first-order valence-corrected chi connectivity index (χ1v) is 5.61. The third kappa shape index (κ3) is 4.16. The molecule has 17 heavy (non-hydrogen) atoms. The molecule has 0 aromatic carbocycles. The van der Waals surface area contributed by atoms with Crippen molar-refractivity contribution < 1.29 is 9.53 Å². The molecule has 1 rings (SSSR count). The van der Waals surface area contributed by atoms with E-state index in [4.69, 9.17) is 10.5 Å². The molecule has 1 atom stereocenters. The number of likely N-dealkylation sites (N-methyl/N-ethyl adjacent to an activating group) is 1. The fourth-order valence-corrected chi connectivity index (χ4v) is 1.51. The number of rotatable bonds is 6. The molecule has 1 aromatic rings. The lowest BCUT2D eigenvalue weighted by Crippen LogP contribution is -2.42. The summed E-state index contributed by atoms with van der Waals surface area (Å²) < 4.78 is 6.79. The van der Waals surface area contributed by atoms with Gasteiger partial charge in [-0.15, -0.1) is 0 Å². The van der Waals surface area contributed by atoms with Crippen LogP contribution in [0, 0.1) is 0 Å². The molecule has 0 bridgehead atoms. The van der Waals surface area contributed by atoms with Gasteiger partial charge in [-0.3, -0.25) is 9.69 Å². The van der Waals surface area contributed by atoms with Crippen LogP contribution in [-0.2, 0) is 23.1 Å². The molecule has 96 valence electrons. The fourth-order valence-electron chi connectivity index (χ4n) is 1.51. The first kappa shape index (κ1) is 13.7. The van der Waals surface area contributed by atoms with Crippen molar-refractivity contribution in [3.8, 4) is 0 Å². The Hall–Kier alpha value is -1.40. The minimum atomic E-state index is -0.611. The molecule has 0 aliphatic rings. The molecule has 2 N–H and O–H groups in total. The number of ether oxygens (including phenoxy) is 1. The first-order chi connectivity index (χ1) is 8.04. The summed E-state index contributed by atoms with van der Waals surface area (Å²) in [5.74, 6) is 0.572. The van der Waals surface area contributed by atoms with Crippen molar-refractivity contribution in [2.24, 2.45) is 12.8 Å². The van der Waals surface area contributed by atoms with Crippen LogP contribution in [0.15, 0.2) is 12.4 Å². The second kappa shape index (κ2) is 6.36. The summed E-state index contributed by atoms with van der Waals surface area (Å²) in [6.07, 6.45) is 3.63. The molecule has 6 nitrogen and oxygen atoms in total. The third-order valence-electron chi connectivity index (χ3n) is 2.43. The number of nitrogens with zero attached hydrogens (tertiary/aromatic N) is 3. The molecule has 1 heterocycles. The van der Waals surface area contributed by atoms with E-state index in [2.05, 4.69) is 4.98 Å². The number of esters is 1. The van der Waals surface area contributed by atoms with Gasteiger partial charge >= 0.3 is 5.97 Å². The van der Waals surface area contributed by atoms with Crippen molar-refractivity contribution in [3.63, 3.8) is 0 Å². The van der Waals surface area contributed by atoms with Crippen LogP contribution in [0.5, 0.6) is 0 Å². The largest absolute Gasteiger partial charge is 0.465 e. The van der Waals surface area contributed by atoms with Gasteiger partial charge < -0.3 is 15.0 Å². The highest BCUT2D eigenvalue weighted by molar-refractivity contribution is 5.75. The summed E-state index contributed by atoms with van der Waals surface area (Å²) >= 11 is 0. The minimum absolute atomic E-state index is 0.357. The summed E-state index contributed by atoms with van der Waals surface area (Å²) in [4.78, 5) is 17.5. The quantitative estimate of drug-likeness (QED) is 0.694. The van der Waals surface area contributed by atoms with Crippen LogP contribution < -0.4 is 5.73 Å². The van der Waals surface area contributed by atoms with E-state index in [-0.39, 0.29) is 5.97 Å². The molecule has 6 heteroatoms. The average molecular weight is 240 g/mol. The van der Waals surface area contributed by atoms with Crippen LogP contribution in [0.3, 0.4) is 0 Å². The Morgan fingerprint density at radius 3 is 2.94 bits per heavy atom. The molecule has 0 fully saturated rings. The molecular formula is C11H20N4O2. The second-order valence-corrected chi connectivity index (χ2v) is 4.01. The number of carbonyl (C=O) groups excluding carboxylic acids is 1. The van der Waals surface area contributed by atoms with Crippen LogP contribution in [0.2, 0.25) is 0 Å². The number of aryl methyl sites for hydroxylation is 1. The number of aromatic nitrogens is 2. The van der Waals surface area contributed by atoms with E-state index in [0.717, 1.165) is 5.82 Å². The Balaban J connectivity index is 2.41. The van der Waals surface area contributed by atoms with Gasteiger partial charge in [0.1, 0.15) is 11.9 Å². The van der Waals surface area contributed by atoms with Gasteiger partial charge in [0.25, 0.3) is 0 Å². The smallest absolute Gasteiger partial charge is 0.324 e. The number of imidazole rings is 1. The Bertz CT molecular complexity index is 364. The highest BCUT2D eigenvalue weighted by atomic mass is 16.5. The first-order valence-electron chi connectivity index (χ1n) is 5.61. The van der Waals surface area contributed by atoms with Crippen molar-refractivity contribution >= 4 is 5.97 Å². The summed E-state index contributed by atoms with van der Waals surface area (Å²) in [6, 6.07) is -0.611. The second-order valence-electron chi connectivity index (χ2n) is 4.01. The molecule has 0 spiro atoms. The molecule has 0 radical (unpaired) electrons. The van der Waals surface area contributed by atoms with E-state index in [9.17, 15) is 4.79 Å². The lowest BCUT2D eigenvalue weighted by atomic mass is 10.3. The molecule has 1 unspecified atom stereocenters. The lowest BCUT2D eigenvalue weighted by molar-refractivity contribution is -0.145. The van der Waals surface area contributed by atoms with E-state index >= 15 is 0 Å². The summed E-state index contributed by atoms with van der Waals surface area (Å²) in [5.41, 5.74) is 5.73. The highest BCUT2D eigenvalue weighted by Crippen LogP contribution is 2.00. The van der Waals surface area contributed by atoms with Crippen molar-refractivity contribution in [3.05, 3.63) is 18.2 Å². The topological polar surface area (TPSA) is 73.4 Å². The average Bonchev–Trinajstić information content (AvgIpc) is 2.64. The maximum absolute atomic E-state index is 11.4. The zero-order valence-electron chi connectivity index (χ0n) is 10.6. The van der Waals surface area contributed by atoms with Crippen molar-refractivity contribution in [1.29, 1.82) is 0 Å². The van der Waals surface area contributed by atoms with Gasteiger partial charge in [0, 0.05) is 26.0 Å². The van der Waals surface area contributed by atoms with Gasteiger partial charge in [-0.1, -0.05) is 0 Å². The SMILES string of the molecule is CCOC(=O)C(N)CN(C)Cc1nccn1C. The summed E-state index contributed by atoms with van der Waals surface area (Å²) in [7, 11) is 3.83. The van der Waals surface area contributed by atoms with Gasteiger partial charge in [0.15, 0.2) is 0 Å².